The van der Waals surface area contributed by atoms with Gasteiger partial charge in [-0.3, -0.25) is 4.79 Å². The molecule has 2 aliphatic heterocycles. The van der Waals surface area contributed by atoms with Crippen LogP contribution in [0.5, 0.6) is 0 Å². The van der Waals surface area contributed by atoms with Gasteiger partial charge in [-0.2, -0.15) is 0 Å². The summed E-state index contributed by atoms with van der Waals surface area (Å²) in [7, 11) is 0. The molecule has 2 heterocycles. The molecule has 0 N–H and O–H groups in total. The minimum atomic E-state index is -0.460. The number of carbonyl (C=O) groups excluding carboxylic acids is 2. The zero-order valence-electron chi connectivity index (χ0n) is 15.3. The summed E-state index contributed by atoms with van der Waals surface area (Å²) in [6.45, 7) is 7.88. The summed E-state index contributed by atoms with van der Waals surface area (Å²) < 4.78 is 5.59. The van der Waals surface area contributed by atoms with Crippen LogP contribution in [0.3, 0.4) is 0 Å². The molecule has 2 atom stereocenters. The highest BCUT2D eigenvalue weighted by Crippen LogP contribution is 2.38. The molecular weight excluding hydrogens is 290 g/mol. The van der Waals surface area contributed by atoms with E-state index in [9.17, 15) is 9.59 Å². The van der Waals surface area contributed by atoms with Crippen LogP contribution in [-0.2, 0) is 9.53 Å². The lowest BCUT2D eigenvalue weighted by Crippen LogP contribution is -2.56. The van der Waals surface area contributed by atoms with Crippen LogP contribution in [0.2, 0.25) is 0 Å². The van der Waals surface area contributed by atoms with E-state index in [4.69, 9.17) is 4.74 Å². The number of carbonyl (C=O) groups is 2. The zero-order chi connectivity index (χ0) is 17.0. The number of piperidine rings is 2. The number of ether oxygens (including phenoxy) is 1. The normalized spacial score (nSPS) is 27.7. The molecule has 0 spiro atoms. The van der Waals surface area contributed by atoms with Crippen molar-refractivity contribution in [1.82, 2.24) is 4.90 Å². The van der Waals surface area contributed by atoms with Gasteiger partial charge in [0, 0.05) is 24.4 Å². The summed E-state index contributed by atoms with van der Waals surface area (Å²) in [6, 6.07) is 0.384. The van der Waals surface area contributed by atoms with Crippen molar-refractivity contribution in [2.75, 3.05) is 0 Å². The largest absolute Gasteiger partial charge is 0.444 e. The number of ketones is 1. The van der Waals surface area contributed by atoms with Gasteiger partial charge in [0.1, 0.15) is 11.4 Å². The van der Waals surface area contributed by atoms with Crippen molar-refractivity contribution < 1.29 is 14.3 Å². The van der Waals surface area contributed by atoms with Crippen molar-refractivity contribution in [3.63, 3.8) is 0 Å². The second-order valence-electron chi connectivity index (χ2n) is 8.22. The van der Waals surface area contributed by atoms with E-state index in [1.54, 1.807) is 0 Å². The maximum absolute atomic E-state index is 12.5. The number of unbranched alkanes of at least 4 members (excludes halogenated alkanes) is 2. The number of nitrogens with zero attached hydrogens (tertiary/aromatic N) is 1. The minimum Gasteiger partial charge on any atom is -0.444 e. The fourth-order valence-electron chi connectivity index (χ4n) is 4.01. The van der Waals surface area contributed by atoms with Gasteiger partial charge in [0.25, 0.3) is 0 Å². The van der Waals surface area contributed by atoms with Crippen LogP contribution in [0.4, 0.5) is 4.79 Å². The van der Waals surface area contributed by atoms with E-state index in [-0.39, 0.29) is 24.1 Å². The van der Waals surface area contributed by atoms with Crippen LogP contribution in [0, 0.1) is 5.92 Å². The van der Waals surface area contributed by atoms with Gasteiger partial charge in [-0.05, 0) is 59.3 Å². The van der Waals surface area contributed by atoms with Crippen molar-refractivity contribution in [3.8, 4) is 0 Å². The van der Waals surface area contributed by atoms with Gasteiger partial charge in [-0.1, -0.05) is 19.8 Å². The lowest BCUT2D eigenvalue weighted by Gasteiger charge is -2.48. The first-order valence-corrected chi connectivity index (χ1v) is 9.36. The van der Waals surface area contributed by atoms with Crippen LogP contribution in [0.15, 0.2) is 0 Å². The van der Waals surface area contributed by atoms with Crippen molar-refractivity contribution in [1.29, 1.82) is 0 Å². The summed E-state index contributed by atoms with van der Waals surface area (Å²) in [5, 5.41) is 0. The molecule has 0 aromatic rings. The smallest absolute Gasteiger partial charge is 0.410 e. The van der Waals surface area contributed by atoms with Crippen molar-refractivity contribution in [2.24, 2.45) is 5.92 Å². The second-order valence-corrected chi connectivity index (χ2v) is 8.22. The Bertz CT molecular complexity index is 413. The molecule has 2 fully saturated rings. The number of hydrogen-bond donors (Lipinski definition) is 0. The molecule has 1 amide bonds. The molecular formula is C19H33NO3. The van der Waals surface area contributed by atoms with E-state index in [1.165, 1.54) is 0 Å². The predicted octanol–water partition coefficient (Wildman–Crippen LogP) is 4.70. The van der Waals surface area contributed by atoms with Crippen LogP contribution in [0.1, 0.15) is 85.5 Å². The number of Topliss-reactive ketones (excluding diaryl/α,β-unsaturated/α-hetero) is 1. The summed E-state index contributed by atoms with van der Waals surface area (Å²) in [5.74, 6) is 0.569. The molecule has 0 aromatic heterocycles. The first-order chi connectivity index (χ1) is 10.8. The van der Waals surface area contributed by atoms with Gasteiger partial charge < -0.3 is 9.64 Å². The molecule has 2 bridgehead atoms. The first-order valence-electron chi connectivity index (χ1n) is 9.36. The number of hydrogen-bond acceptors (Lipinski definition) is 3. The monoisotopic (exact) mass is 323 g/mol. The van der Waals surface area contributed by atoms with E-state index in [0.29, 0.717) is 12.2 Å². The Morgan fingerprint density at radius 2 is 1.70 bits per heavy atom. The van der Waals surface area contributed by atoms with Crippen LogP contribution < -0.4 is 0 Å². The van der Waals surface area contributed by atoms with E-state index < -0.39 is 5.60 Å². The highest BCUT2D eigenvalue weighted by molar-refractivity contribution is 5.81. The first kappa shape index (κ1) is 18.3. The van der Waals surface area contributed by atoms with Crippen molar-refractivity contribution in [2.45, 2.75) is 103 Å². The third-order valence-electron chi connectivity index (χ3n) is 5.06. The molecule has 2 rings (SSSR count). The number of fused-ring (bicyclic) bond motifs is 2. The summed E-state index contributed by atoms with van der Waals surface area (Å²) >= 11 is 0. The number of rotatable bonds is 5. The van der Waals surface area contributed by atoms with Gasteiger partial charge in [-0.15, -0.1) is 0 Å². The maximum Gasteiger partial charge on any atom is 0.410 e. The molecule has 2 unspecified atom stereocenters. The molecule has 23 heavy (non-hydrogen) atoms. The molecule has 4 nitrogen and oxygen atoms in total. The summed E-state index contributed by atoms with van der Waals surface area (Å²) in [6.07, 6.45) is 8.66. The molecule has 132 valence electrons. The Morgan fingerprint density at radius 1 is 1.09 bits per heavy atom. The highest BCUT2D eigenvalue weighted by Gasteiger charge is 2.43. The van der Waals surface area contributed by atoms with Gasteiger partial charge in [0.15, 0.2) is 0 Å². The topological polar surface area (TPSA) is 46.6 Å². The van der Waals surface area contributed by atoms with E-state index >= 15 is 0 Å². The Morgan fingerprint density at radius 3 is 2.22 bits per heavy atom. The predicted molar refractivity (Wildman–Crippen MR) is 91.4 cm³/mol. The number of amides is 1. The van der Waals surface area contributed by atoms with Crippen LogP contribution >= 0.6 is 0 Å². The standard InChI is InChI=1S/C19H33NO3/c1-5-6-7-11-17(21)14-12-15-9-8-10-16(13-14)20(15)18(22)23-19(2,3)4/h14-16H,5-13H2,1-4H3. The summed E-state index contributed by atoms with van der Waals surface area (Å²) in [5.41, 5.74) is -0.460. The SMILES string of the molecule is CCCCCC(=O)C1CC2CCCC(C1)N2C(=O)OC(C)(C)C. The quantitative estimate of drug-likeness (QED) is 0.689. The third kappa shape index (κ3) is 4.95. The Labute approximate surface area is 140 Å². The Balaban J connectivity index is 1.97. The van der Waals surface area contributed by atoms with Crippen molar-refractivity contribution >= 4 is 11.9 Å². The average Bonchev–Trinajstić information content (AvgIpc) is 2.44. The fourth-order valence-corrected chi connectivity index (χ4v) is 4.01. The average molecular weight is 323 g/mol. The van der Waals surface area contributed by atoms with Crippen LogP contribution in [-0.4, -0.2) is 34.5 Å². The molecule has 4 heteroatoms. The van der Waals surface area contributed by atoms with Gasteiger partial charge in [-0.25, -0.2) is 4.79 Å². The van der Waals surface area contributed by atoms with E-state index in [1.807, 2.05) is 25.7 Å². The molecule has 2 aliphatic rings. The lowest BCUT2D eigenvalue weighted by atomic mass is 9.76. The molecule has 0 aliphatic carbocycles. The minimum absolute atomic E-state index is 0.154. The van der Waals surface area contributed by atoms with E-state index in [0.717, 1.165) is 51.4 Å². The van der Waals surface area contributed by atoms with Crippen LogP contribution in [0.25, 0.3) is 0 Å². The Kier molecular flexibility index (Phi) is 6.10. The molecule has 0 aromatic carbocycles. The van der Waals surface area contributed by atoms with Crippen molar-refractivity contribution in [3.05, 3.63) is 0 Å². The van der Waals surface area contributed by atoms with Gasteiger partial charge >= 0.3 is 6.09 Å². The second kappa shape index (κ2) is 7.67. The van der Waals surface area contributed by atoms with Gasteiger partial charge in [0.2, 0.25) is 0 Å². The molecule has 0 saturated carbocycles. The molecule has 2 saturated heterocycles. The molecule has 0 radical (unpaired) electrons. The highest BCUT2D eigenvalue weighted by atomic mass is 16.6. The summed E-state index contributed by atoms with van der Waals surface area (Å²) in [4.78, 5) is 27.0. The zero-order valence-corrected chi connectivity index (χ0v) is 15.3. The maximum atomic E-state index is 12.5. The lowest BCUT2D eigenvalue weighted by molar-refractivity contribution is -0.127. The Hall–Kier alpha value is -1.06. The third-order valence-corrected chi connectivity index (χ3v) is 5.06. The van der Waals surface area contributed by atoms with Gasteiger partial charge in [0.05, 0.1) is 0 Å². The fraction of sp³-hybridized carbons (Fsp3) is 0.895. The van der Waals surface area contributed by atoms with E-state index in [2.05, 4.69) is 6.92 Å².